The van der Waals surface area contributed by atoms with E-state index >= 15 is 0 Å². The van der Waals surface area contributed by atoms with Gasteiger partial charge >= 0.3 is 0 Å². The Labute approximate surface area is 201 Å². The number of ether oxygens (including phenoxy) is 1. The first-order valence-corrected chi connectivity index (χ1v) is 11.0. The van der Waals surface area contributed by atoms with E-state index in [0.717, 1.165) is 56.4 Å². The summed E-state index contributed by atoms with van der Waals surface area (Å²) in [5, 5.41) is 15.4. The zero-order valence-corrected chi connectivity index (χ0v) is 20.8. The van der Waals surface area contributed by atoms with Gasteiger partial charge < -0.3 is 19.9 Å². The van der Waals surface area contributed by atoms with Crippen molar-refractivity contribution >= 4 is 29.9 Å². The Morgan fingerprint density at radius 2 is 2.13 bits per heavy atom. The average molecular weight is 544 g/mol. The first kappa shape index (κ1) is 25.4. The highest BCUT2D eigenvalue weighted by Crippen LogP contribution is 2.16. The number of hydrogen-bond donors (Lipinski definition) is 2. The number of aliphatic imine (C=N–C) groups is 1. The van der Waals surface area contributed by atoms with Crippen molar-refractivity contribution in [1.29, 1.82) is 0 Å². The molecule has 2 N–H and O–H groups in total. The van der Waals surface area contributed by atoms with E-state index < -0.39 is 0 Å². The molecule has 9 heteroatoms. The van der Waals surface area contributed by atoms with Crippen LogP contribution in [-0.2, 0) is 19.4 Å². The number of rotatable bonds is 9. The van der Waals surface area contributed by atoms with Gasteiger partial charge in [-0.25, -0.2) is 4.39 Å². The SMILES string of the molecule is CCC(CNC(=NC)NCCCc1nnc2n1CCCCC2)Oc1cccc(F)c1.I. The zero-order chi connectivity index (χ0) is 21.2. The van der Waals surface area contributed by atoms with Crippen LogP contribution in [0, 0.1) is 5.82 Å². The maximum Gasteiger partial charge on any atom is 0.191 e. The second-order valence-electron chi connectivity index (χ2n) is 7.58. The van der Waals surface area contributed by atoms with Crippen LogP contribution in [0.1, 0.15) is 50.7 Å². The van der Waals surface area contributed by atoms with Crippen LogP contribution in [0.25, 0.3) is 0 Å². The van der Waals surface area contributed by atoms with Crippen LogP contribution < -0.4 is 15.4 Å². The Morgan fingerprint density at radius 1 is 1.26 bits per heavy atom. The summed E-state index contributed by atoms with van der Waals surface area (Å²) in [6, 6.07) is 6.24. The van der Waals surface area contributed by atoms with Crippen molar-refractivity contribution in [3.05, 3.63) is 41.7 Å². The van der Waals surface area contributed by atoms with Gasteiger partial charge in [0.2, 0.25) is 0 Å². The summed E-state index contributed by atoms with van der Waals surface area (Å²) in [5.41, 5.74) is 0. The predicted molar refractivity (Wildman–Crippen MR) is 132 cm³/mol. The molecule has 1 atom stereocenters. The van der Waals surface area contributed by atoms with Crippen LogP contribution in [0.15, 0.2) is 29.3 Å². The van der Waals surface area contributed by atoms with Crippen molar-refractivity contribution in [1.82, 2.24) is 25.4 Å². The number of halogens is 2. The third kappa shape index (κ3) is 7.93. The molecule has 1 aliphatic heterocycles. The minimum absolute atomic E-state index is 0. The Kier molecular flexibility index (Phi) is 11.0. The molecule has 1 aliphatic rings. The number of fused-ring (bicyclic) bond motifs is 1. The predicted octanol–water partition coefficient (Wildman–Crippen LogP) is 3.72. The van der Waals surface area contributed by atoms with Crippen LogP contribution in [0.3, 0.4) is 0 Å². The molecule has 0 bridgehead atoms. The number of benzene rings is 1. The van der Waals surface area contributed by atoms with Gasteiger partial charge in [0.15, 0.2) is 5.96 Å². The standard InChI is InChI=1S/C22H33FN6O.HI/c1-3-18(30-19-10-7-9-17(23)15-19)16-26-22(24-2)25-13-8-12-21-28-27-20-11-5-4-6-14-29(20)21;/h7,9-10,15,18H,3-6,8,11-14,16H2,1-2H3,(H2,24,25,26);1H. The minimum Gasteiger partial charge on any atom is -0.489 e. The fourth-order valence-corrected chi connectivity index (χ4v) is 3.62. The molecule has 172 valence electrons. The third-order valence-electron chi connectivity index (χ3n) is 5.33. The minimum atomic E-state index is -0.294. The van der Waals surface area contributed by atoms with Crippen molar-refractivity contribution < 1.29 is 9.13 Å². The fraction of sp³-hybridized carbons (Fsp3) is 0.591. The summed E-state index contributed by atoms with van der Waals surface area (Å²) in [6.45, 7) is 4.47. The van der Waals surface area contributed by atoms with E-state index in [-0.39, 0.29) is 35.9 Å². The maximum absolute atomic E-state index is 13.3. The highest BCUT2D eigenvalue weighted by atomic mass is 127. The smallest absolute Gasteiger partial charge is 0.191 e. The molecular formula is C22H34FIN6O. The largest absolute Gasteiger partial charge is 0.489 e. The van der Waals surface area contributed by atoms with E-state index in [1.807, 2.05) is 6.92 Å². The van der Waals surface area contributed by atoms with Gasteiger partial charge in [0, 0.05) is 39.0 Å². The lowest BCUT2D eigenvalue weighted by atomic mass is 10.2. The lowest BCUT2D eigenvalue weighted by molar-refractivity contribution is 0.199. The molecule has 1 unspecified atom stereocenters. The molecule has 2 aromatic rings. The Morgan fingerprint density at radius 3 is 2.90 bits per heavy atom. The van der Waals surface area contributed by atoms with Gasteiger partial charge in [0.1, 0.15) is 29.3 Å². The molecule has 1 aromatic heterocycles. The molecule has 7 nitrogen and oxygen atoms in total. The van der Waals surface area contributed by atoms with Gasteiger partial charge in [-0.1, -0.05) is 19.4 Å². The van der Waals surface area contributed by atoms with E-state index in [1.54, 1.807) is 19.2 Å². The lowest BCUT2D eigenvalue weighted by Gasteiger charge is -2.20. The summed E-state index contributed by atoms with van der Waals surface area (Å²) in [4.78, 5) is 4.28. The van der Waals surface area contributed by atoms with Crippen molar-refractivity contribution in [2.45, 2.75) is 64.5 Å². The quantitative estimate of drug-likeness (QED) is 0.218. The first-order valence-electron chi connectivity index (χ1n) is 11.0. The molecule has 0 spiro atoms. The van der Waals surface area contributed by atoms with Crippen LogP contribution in [0.2, 0.25) is 0 Å². The summed E-state index contributed by atoms with van der Waals surface area (Å²) < 4.78 is 21.5. The third-order valence-corrected chi connectivity index (χ3v) is 5.33. The van der Waals surface area contributed by atoms with Gasteiger partial charge in [0.05, 0.1) is 6.54 Å². The van der Waals surface area contributed by atoms with Gasteiger partial charge in [-0.05, 0) is 37.8 Å². The summed E-state index contributed by atoms with van der Waals surface area (Å²) in [6.07, 6.45) is 7.32. The highest BCUT2D eigenvalue weighted by Gasteiger charge is 2.14. The van der Waals surface area contributed by atoms with Gasteiger partial charge in [-0.3, -0.25) is 4.99 Å². The first-order chi connectivity index (χ1) is 14.7. The average Bonchev–Trinajstić information content (AvgIpc) is 2.98. The van der Waals surface area contributed by atoms with Crippen molar-refractivity contribution in [2.75, 3.05) is 20.1 Å². The highest BCUT2D eigenvalue weighted by molar-refractivity contribution is 14.0. The molecule has 0 fully saturated rings. The van der Waals surface area contributed by atoms with Crippen molar-refractivity contribution in [2.24, 2.45) is 4.99 Å². The second kappa shape index (κ2) is 13.5. The summed E-state index contributed by atoms with van der Waals surface area (Å²) in [7, 11) is 1.75. The fourth-order valence-electron chi connectivity index (χ4n) is 3.62. The number of guanidine groups is 1. The Balaban J connectivity index is 0.00000341. The molecule has 3 rings (SSSR count). The Bertz CT molecular complexity index is 828. The lowest BCUT2D eigenvalue weighted by Crippen LogP contribution is -2.42. The molecule has 2 heterocycles. The molecule has 31 heavy (non-hydrogen) atoms. The van der Waals surface area contributed by atoms with E-state index in [0.29, 0.717) is 12.3 Å². The topological polar surface area (TPSA) is 76.4 Å². The summed E-state index contributed by atoms with van der Waals surface area (Å²) in [5.74, 6) is 3.20. The van der Waals surface area contributed by atoms with E-state index in [4.69, 9.17) is 4.74 Å². The maximum atomic E-state index is 13.3. The van der Waals surface area contributed by atoms with Gasteiger partial charge in [-0.2, -0.15) is 0 Å². The van der Waals surface area contributed by atoms with Gasteiger partial charge in [0.25, 0.3) is 0 Å². The molecule has 0 amide bonds. The second-order valence-corrected chi connectivity index (χ2v) is 7.58. The van der Waals surface area contributed by atoms with Crippen LogP contribution in [0.4, 0.5) is 4.39 Å². The Hall–Kier alpha value is -1.91. The number of nitrogens with zero attached hydrogens (tertiary/aromatic N) is 4. The molecule has 0 saturated heterocycles. The van der Waals surface area contributed by atoms with Crippen LogP contribution in [0.5, 0.6) is 5.75 Å². The normalized spacial score (nSPS) is 14.7. The number of aryl methyl sites for hydroxylation is 2. The number of aromatic nitrogens is 3. The van der Waals surface area contributed by atoms with Crippen LogP contribution >= 0.6 is 24.0 Å². The molecule has 0 aliphatic carbocycles. The molecule has 1 aromatic carbocycles. The monoisotopic (exact) mass is 544 g/mol. The van der Waals surface area contributed by atoms with Crippen molar-refractivity contribution in [3.63, 3.8) is 0 Å². The van der Waals surface area contributed by atoms with E-state index in [1.165, 1.54) is 31.4 Å². The number of nitrogens with one attached hydrogen (secondary N) is 2. The van der Waals surface area contributed by atoms with Crippen LogP contribution in [-0.4, -0.2) is 47.0 Å². The van der Waals surface area contributed by atoms with E-state index in [2.05, 4.69) is 30.4 Å². The van der Waals surface area contributed by atoms with Crippen molar-refractivity contribution in [3.8, 4) is 5.75 Å². The van der Waals surface area contributed by atoms with Gasteiger partial charge in [-0.15, -0.1) is 34.2 Å². The molecule has 0 radical (unpaired) electrons. The summed E-state index contributed by atoms with van der Waals surface area (Å²) >= 11 is 0. The van der Waals surface area contributed by atoms with E-state index in [9.17, 15) is 4.39 Å². The zero-order valence-electron chi connectivity index (χ0n) is 18.4. The number of hydrogen-bond acceptors (Lipinski definition) is 4. The molecule has 0 saturated carbocycles. The molecular weight excluding hydrogens is 510 g/mol.